The third-order valence-electron chi connectivity index (χ3n) is 11.5. The van der Waals surface area contributed by atoms with Crippen molar-refractivity contribution in [3.63, 3.8) is 0 Å². The number of hydrogen-bond donors (Lipinski definition) is 0. The van der Waals surface area contributed by atoms with E-state index < -0.39 is 0 Å². The van der Waals surface area contributed by atoms with Crippen molar-refractivity contribution in [1.82, 2.24) is 4.57 Å². The smallest absolute Gasteiger partial charge is 0.135 e. The largest absolute Gasteiger partial charge is 0.456 e. The highest BCUT2D eigenvalue weighted by molar-refractivity contribution is 6.10. The maximum absolute atomic E-state index is 9.39. The molecule has 11 rings (SSSR count). The van der Waals surface area contributed by atoms with Gasteiger partial charge in [0, 0.05) is 44.3 Å². The molecule has 0 radical (unpaired) electrons. The molecule has 2 heterocycles. The molecule has 0 saturated heterocycles. The van der Waals surface area contributed by atoms with E-state index >= 15 is 0 Å². The number of hydrogen-bond acceptors (Lipinski definition) is 3. The van der Waals surface area contributed by atoms with Crippen molar-refractivity contribution in [1.29, 1.82) is 5.26 Å². The van der Waals surface area contributed by atoms with Crippen molar-refractivity contribution in [2.75, 3.05) is 4.90 Å². The van der Waals surface area contributed by atoms with Gasteiger partial charge in [-0.05, 0) is 130 Å². The second-order valence-corrected chi connectivity index (χ2v) is 14.9. The number of aromatic nitrogens is 1. The molecule has 11 aromatic rings. The molecule has 0 fully saturated rings. The van der Waals surface area contributed by atoms with E-state index in [-0.39, 0.29) is 0 Å². The van der Waals surface area contributed by atoms with Crippen LogP contribution in [0.2, 0.25) is 0 Å². The fourth-order valence-electron chi connectivity index (χ4n) is 8.51. The summed E-state index contributed by atoms with van der Waals surface area (Å²) >= 11 is 0. The highest BCUT2D eigenvalue weighted by Gasteiger charge is 2.17. The minimum Gasteiger partial charge on any atom is -0.456 e. The molecule has 0 aliphatic heterocycles. The Morgan fingerprint density at radius 2 is 0.847 bits per heavy atom. The number of anilines is 3. The quantitative estimate of drug-likeness (QED) is 0.163. The Morgan fingerprint density at radius 3 is 1.49 bits per heavy atom. The molecule has 2 aromatic heterocycles. The van der Waals surface area contributed by atoms with Gasteiger partial charge in [-0.15, -0.1) is 0 Å². The first-order chi connectivity index (χ1) is 29.2. The van der Waals surface area contributed by atoms with Crippen LogP contribution >= 0.6 is 0 Å². The summed E-state index contributed by atoms with van der Waals surface area (Å²) in [5.74, 6) is 0. The molecule has 0 bridgehead atoms. The van der Waals surface area contributed by atoms with Crippen molar-refractivity contribution < 1.29 is 4.42 Å². The van der Waals surface area contributed by atoms with Crippen LogP contribution in [0.15, 0.2) is 217 Å². The van der Waals surface area contributed by atoms with E-state index in [1.165, 1.54) is 21.9 Å². The molecule has 4 heteroatoms. The van der Waals surface area contributed by atoms with Crippen LogP contribution in [0.1, 0.15) is 5.56 Å². The van der Waals surface area contributed by atoms with Crippen LogP contribution in [0.5, 0.6) is 0 Å². The Kier molecular flexibility index (Phi) is 8.17. The molecule has 0 spiro atoms. The van der Waals surface area contributed by atoms with Gasteiger partial charge in [-0.2, -0.15) is 5.26 Å². The zero-order chi connectivity index (χ0) is 39.3. The van der Waals surface area contributed by atoms with Gasteiger partial charge >= 0.3 is 0 Å². The summed E-state index contributed by atoms with van der Waals surface area (Å²) in [5.41, 5.74) is 15.9. The molecule has 0 unspecified atom stereocenters. The first kappa shape index (κ1) is 34.1. The minimum atomic E-state index is 0.650. The average Bonchev–Trinajstić information content (AvgIpc) is 3.85. The van der Waals surface area contributed by atoms with Gasteiger partial charge in [0.15, 0.2) is 0 Å². The van der Waals surface area contributed by atoms with Crippen LogP contribution in [0, 0.1) is 11.3 Å². The van der Waals surface area contributed by atoms with Crippen LogP contribution < -0.4 is 4.90 Å². The van der Waals surface area contributed by atoms with Gasteiger partial charge in [0.05, 0.1) is 22.7 Å². The molecule has 4 nitrogen and oxygen atoms in total. The monoisotopic (exact) mass is 753 g/mol. The van der Waals surface area contributed by atoms with Crippen molar-refractivity contribution in [2.45, 2.75) is 0 Å². The lowest BCUT2D eigenvalue weighted by molar-refractivity contribution is 0.669. The van der Waals surface area contributed by atoms with Gasteiger partial charge in [0.1, 0.15) is 11.2 Å². The normalized spacial score (nSPS) is 11.4. The molecule has 0 amide bonds. The molecule has 276 valence electrons. The zero-order valence-corrected chi connectivity index (χ0v) is 32.0. The number of benzene rings is 9. The van der Waals surface area contributed by atoms with Crippen LogP contribution in [0.4, 0.5) is 17.1 Å². The van der Waals surface area contributed by atoms with E-state index in [0.29, 0.717) is 5.56 Å². The summed E-state index contributed by atoms with van der Waals surface area (Å²) in [7, 11) is 0. The predicted octanol–water partition coefficient (Wildman–Crippen LogP) is 15.0. The number of para-hydroxylation sites is 2. The zero-order valence-electron chi connectivity index (χ0n) is 32.0. The van der Waals surface area contributed by atoms with Gasteiger partial charge in [-0.25, -0.2) is 0 Å². The third-order valence-corrected chi connectivity index (χ3v) is 11.5. The molecular weight excluding hydrogens is 719 g/mol. The lowest BCUT2D eigenvalue weighted by atomic mass is 10.0. The molecule has 9 aromatic carbocycles. The highest BCUT2D eigenvalue weighted by Crippen LogP contribution is 2.40. The van der Waals surface area contributed by atoms with Crippen LogP contribution in [-0.4, -0.2) is 4.57 Å². The topological polar surface area (TPSA) is 45.1 Å². The Morgan fingerprint density at radius 1 is 0.373 bits per heavy atom. The lowest BCUT2D eigenvalue weighted by Gasteiger charge is -2.26. The van der Waals surface area contributed by atoms with Crippen LogP contribution in [-0.2, 0) is 0 Å². The summed E-state index contributed by atoms with van der Waals surface area (Å²) in [5, 5.41) is 14.0. The number of nitriles is 1. The second-order valence-electron chi connectivity index (χ2n) is 14.9. The van der Waals surface area contributed by atoms with Gasteiger partial charge in [0.25, 0.3) is 0 Å². The van der Waals surface area contributed by atoms with Crippen molar-refractivity contribution in [2.24, 2.45) is 0 Å². The number of nitrogens with zero attached hydrogens (tertiary/aromatic N) is 3. The van der Waals surface area contributed by atoms with Crippen LogP contribution in [0.25, 0.3) is 82.8 Å². The maximum atomic E-state index is 9.39. The molecular formula is C55H35N3O. The van der Waals surface area contributed by atoms with Crippen molar-refractivity contribution >= 4 is 60.8 Å². The number of fused-ring (bicyclic) bond motifs is 6. The Balaban J connectivity index is 0.965. The molecule has 0 aliphatic carbocycles. The first-order valence-corrected chi connectivity index (χ1v) is 19.8. The van der Waals surface area contributed by atoms with E-state index in [4.69, 9.17) is 4.42 Å². The minimum absolute atomic E-state index is 0.650. The van der Waals surface area contributed by atoms with E-state index in [9.17, 15) is 5.26 Å². The Bertz CT molecular complexity index is 3350. The number of rotatable bonds is 7. The summed E-state index contributed by atoms with van der Waals surface area (Å²) in [4.78, 5) is 2.32. The maximum Gasteiger partial charge on any atom is 0.135 e. The Labute approximate surface area is 341 Å². The van der Waals surface area contributed by atoms with E-state index in [2.05, 4.69) is 191 Å². The van der Waals surface area contributed by atoms with E-state index in [1.54, 1.807) is 0 Å². The van der Waals surface area contributed by atoms with Crippen LogP contribution in [0.3, 0.4) is 0 Å². The Hall–Kier alpha value is -8.13. The molecule has 0 saturated carbocycles. The predicted molar refractivity (Wildman–Crippen MR) is 244 cm³/mol. The van der Waals surface area contributed by atoms with Gasteiger partial charge in [-0.1, -0.05) is 115 Å². The molecule has 0 N–H and O–H groups in total. The summed E-state index contributed by atoms with van der Waals surface area (Å²) in [6.07, 6.45) is 0. The molecule has 0 atom stereocenters. The highest BCUT2D eigenvalue weighted by atomic mass is 16.3. The van der Waals surface area contributed by atoms with Crippen molar-refractivity contribution in [3.8, 4) is 45.1 Å². The third kappa shape index (κ3) is 6.01. The average molecular weight is 754 g/mol. The fourth-order valence-corrected chi connectivity index (χ4v) is 8.51. The SMILES string of the molecule is N#Cc1ccc(-n2c3ccccc3c3cc(-c4ccc(N(c5ccc(-c6ccccc6)cc5)c5ccc(-c6ccc7oc8ccccc8c7c6)cc5)cc4)ccc32)cc1. The summed E-state index contributed by atoms with van der Waals surface area (Å²) < 4.78 is 8.39. The van der Waals surface area contributed by atoms with E-state index in [1.807, 2.05) is 36.4 Å². The second kappa shape index (κ2) is 14.1. The van der Waals surface area contributed by atoms with Gasteiger partial charge in [0.2, 0.25) is 0 Å². The molecule has 0 aliphatic rings. The number of furan rings is 1. The standard InChI is InChI=1S/C55H35N3O/c56-36-37-14-24-47(25-15-37)58-52-12-6-4-10-48(52)50-34-42(22-32-53(50)58)40-18-28-45(29-19-40)57(44-26-16-39(17-27-44)38-8-2-1-3-9-38)46-30-20-41(21-31-46)43-23-33-55-51(35-43)49-11-5-7-13-54(49)59-55/h1-35H. The lowest BCUT2D eigenvalue weighted by Crippen LogP contribution is -2.09. The van der Waals surface area contributed by atoms with Crippen molar-refractivity contribution in [3.05, 3.63) is 218 Å². The first-order valence-electron chi connectivity index (χ1n) is 19.8. The van der Waals surface area contributed by atoms with Gasteiger partial charge < -0.3 is 13.9 Å². The summed E-state index contributed by atoms with van der Waals surface area (Å²) in [6.45, 7) is 0. The fraction of sp³-hybridized carbons (Fsp3) is 0. The van der Waals surface area contributed by atoms with Gasteiger partial charge in [-0.3, -0.25) is 0 Å². The van der Waals surface area contributed by atoms with E-state index in [0.717, 1.165) is 78.0 Å². The molecule has 59 heavy (non-hydrogen) atoms. The summed E-state index contributed by atoms with van der Waals surface area (Å²) in [6, 6.07) is 77.0.